The van der Waals surface area contributed by atoms with E-state index in [4.69, 9.17) is 0 Å². The Morgan fingerprint density at radius 3 is 2.76 bits per heavy atom. The van der Waals surface area contributed by atoms with E-state index in [0.29, 0.717) is 13.0 Å². The number of amides is 2. The highest BCUT2D eigenvalue weighted by atomic mass is 16.2. The van der Waals surface area contributed by atoms with Crippen molar-refractivity contribution in [3.05, 3.63) is 29.8 Å². The van der Waals surface area contributed by atoms with Crippen molar-refractivity contribution in [1.29, 1.82) is 0 Å². The number of carbonyl (C=O) groups is 2. The molecule has 0 radical (unpaired) electrons. The fourth-order valence-corrected chi connectivity index (χ4v) is 3.04. The van der Waals surface area contributed by atoms with Crippen molar-refractivity contribution in [3.63, 3.8) is 0 Å². The molecule has 1 saturated carbocycles. The van der Waals surface area contributed by atoms with E-state index in [-0.39, 0.29) is 17.7 Å². The summed E-state index contributed by atoms with van der Waals surface area (Å²) in [6.07, 6.45) is 5.59. The Hall–Kier alpha value is -1.84. The minimum atomic E-state index is 0.107. The molecule has 0 aromatic heterocycles. The van der Waals surface area contributed by atoms with E-state index in [9.17, 15) is 9.59 Å². The summed E-state index contributed by atoms with van der Waals surface area (Å²) in [6, 6.07) is 8.10. The topological polar surface area (TPSA) is 49.4 Å². The maximum absolute atomic E-state index is 12.4. The van der Waals surface area contributed by atoms with Gasteiger partial charge in [0.2, 0.25) is 11.8 Å². The molecule has 1 aliphatic carbocycles. The van der Waals surface area contributed by atoms with E-state index in [1.54, 1.807) is 0 Å². The minimum Gasteiger partial charge on any atom is -0.355 e. The van der Waals surface area contributed by atoms with Crippen LogP contribution in [0.5, 0.6) is 0 Å². The quantitative estimate of drug-likeness (QED) is 0.923. The Morgan fingerprint density at radius 1 is 1.19 bits per heavy atom. The van der Waals surface area contributed by atoms with Gasteiger partial charge in [-0.25, -0.2) is 0 Å². The Bertz CT molecular complexity index is 537. The summed E-state index contributed by atoms with van der Waals surface area (Å²) in [5.41, 5.74) is 2.29. The molecule has 0 saturated heterocycles. The zero-order chi connectivity index (χ0) is 14.7. The standard InChI is InChI=1S/C17H22N2O2/c20-16(10-11-18-17(21)14-6-3-7-14)19-12-4-8-13-5-1-2-9-15(13)19/h1-2,5,9,14H,3-4,6-8,10-12H2,(H,18,21). The first-order chi connectivity index (χ1) is 10.3. The van der Waals surface area contributed by atoms with Gasteiger partial charge >= 0.3 is 0 Å². The number of anilines is 1. The first kappa shape index (κ1) is 14.1. The molecule has 1 aliphatic heterocycles. The predicted molar refractivity (Wildman–Crippen MR) is 82.1 cm³/mol. The number of nitrogens with one attached hydrogen (secondary N) is 1. The Balaban J connectivity index is 1.53. The second kappa shape index (κ2) is 6.29. The van der Waals surface area contributed by atoms with Crippen LogP contribution in [0.15, 0.2) is 24.3 Å². The monoisotopic (exact) mass is 286 g/mol. The van der Waals surface area contributed by atoms with Crippen LogP contribution in [0.1, 0.15) is 37.7 Å². The van der Waals surface area contributed by atoms with Crippen molar-refractivity contribution in [1.82, 2.24) is 5.32 Å². The highest BCUT2D eigenvalue weighted by molar-refractivity contribution is 5.95. The third kappa shape index (κ3) is 3.09. The lowest BCUT2D eigenvalue weighted by Crippen LogP contribution is -2.39. The minimum absolute atomic E-state index is 0.107. The molecule has 112 valence electrons. The lowest BCUT2D eigenvalue weighted by Gasteiger charge is -2.29. The largest absolute Gasteiger partial charge is 0.355 e. The zero-order valence-corrected chi connectivity index (χ0v) is 12.3. The molecule has 2 amide bonds. The van der Waals surface area contributed by atoms with Crippen molar-refractivity contribution in [2.75, 3.05) is 18.0 Å². The van der Waals surface area contributed by atoms with Crippen LogP contribution >= 0.6 is 0 Å². The molecular formula is C17H22N2O2. The van der Waals surface area contributed by atoms with Gasteiger partial charge in [0, 0.05) is 31.1 Å². The van der Waals surface area contributed by atoms with Gasteiger partial charge in [-0.15, -0.1) is 0 Å². The molecule has 0 spiro atoms. The van der Waals surface area contributed by atoms with E-state index in [1.807, 2.05) is 23.1 Å². The van der Waals surface area contributed by atoms with Crippen LogP contribution in [-0.2, 0) is 16.0 Å². The van der Waals surface area contributed by atoms with Gasteiger partial charge in [0.1, 0.15) is 0 Å². The molecular weight excluding hydrogens is 264 g/mol. The summed E-state index contributed by atoms with van der Waals surface area (Å²) < 4.78 is 0. The van der Waals surface area contributed by atoms with Crippen molar-refractivity contribution >= 4 is 17.5 Å². The Labute approximate surface area is 125 Å². The highest BCUT2D eigenvalue weighted by Gasteiger charge is 2.25. The lowest BCUT2D eigenvalue weighted by molar-refractivity contribution is -0.127. The van der Waals surface area contributed by atoms with Gasteiger partial charge in [-0.3, -0.25) is 9.59 Å². The summed E-state index contributed by atoms with van der Waals surface area (Å²) in [7, 11) is 0. The third-order valence-corrected chi connectivity index (χ3v) is 4.53. The lowest BCUT2D eigenvalue weighted by atomic mass is 9.85. The normalized spacial score (nSPS) is 17.8. The highest BCUT2D eigenvalue weighted by Crippen LogP contribution is 2.27. The second-order valence-electron chi connectivity index (χ2n) is 5.95. The van der Waals surface area contributed by atoms with Gasteiger partial charge in [-0.2, -0.15) is 0 Å². The molecule has 3 rings (SSSR count). The first-order valence-corrected chi connectivity index (χ1v) is 7.91. The number of nitrogens with zero attached hydrogens (tertiary/aromatic N) is 1. The van der Waals surface area contributed by atoms with Crippen LogP contribution < -0.4 is 10.2 Å². The summed E-state index contributed by atoms with van der Waals surface area (Å²) in [5, 5.41) is 2.89. The van der Waals surface area contributed by atoms with Crippen LogP contribution in [-0.4, -0.2) is 24.9 Å². The van der Waals surface area contributed by atoms with Gasteiger partial charge in [0.15, 0.2) is 0 Å². The van der Waals surface area contributed by atoms with E-state index < -0.39 is 0 Å². The number of benzene rings is 1. The third-order valence-electron chi connectivity index (χ3n) is 4.53. The van der Waals surface area contributed by atoms with Crippen LogP contribution in [0.4, 0.5) is 5.69 Å². The average Bonchev–Trinajstić information content (AvgIpc) is 2.44. The molecule has 1 heterocycles. The maximum Gasteiger partial charge on any atom is 0.228 e. The van der Waals surface area contributed by atoms with Crippen molar-refractivity contribution in [3.8, 4) is 0 Å². The maximum atomic E-state index is 12.4. The summed E-state index contributed by atoms with van der Waals surface area (Å²) in [5.74, 6) is 0.417. The van der Waals surface area contributed by atoms with Gasteiger partial charge in [0.25, 0.3) is 0 Å². The van der Waals surface area contributed by atoms with Gasteiger partial charge < -0.3 is 10.2 Å². The van der Waals surface area contributed by atoms with Crippen LogP contribution in [0.25, 0.3) is 0 Å². The number of hydrogen-bond acceptors (Lipinski definition) is 2. The van der Waals surface area contributed by atoms with E-state index in [2.05, 4.69) is 11.4 Å². The number of fused-ring (bicyclic) bond motifs is 1. The molecule has 4 nitrogen and oxygen atoms in total. The Kier molecular flexibility index (Phi) is 4.23. The fourth-order valence-electron chi connectivity index (χ4n) is 3.04. The van der Waals surface area contributed by atoms with Crippen LogP contribution in [0.2, 0.25) is 0 Å². The number of carbonyl (C=O) groups excluding carboxylic acids is 2. The summed E-state index contributed by atoms with van der Waals surface area (Å²) >= 11 is 0. The van der Waals surface area contributed by atoms with Crippen LogP contribution in [0.3, 0.4) is 0 Å². The van der Waals surface area contributed by atoms with Crippen LogP contribution in [0, 0.1) is 5.92 Å². The number of rotatable bonds is 4. The molecule has 1 N–H and O–H groups in total. The van der Waals surface area contributed by atoms with Gasteiger partial charge in [-0.05, 0) is 37.3 Å². The molecule has 21 heavy (non-hydrogen) atoms. The van der Waals surface area contributed by atoms with Crippen molar-refractivity contribution < 1.29 is 9.59 Å². The molecule has 1 fully saturated rings. The molecule has 0 unspecified atom stereocenters. The molecule has 1 aromatic rings. The predicted octanol–water partition coefficient (Wildman–Crippen LogP) is 2.27. The Morgan fingerprint density at radius 2 is 2.00 bits per heavy atom. The molecule has 4 heteroatoms. The van der Waals surface area contributed by atoms with E-state index in [1.165, 1.54) is 5.56 Å². The van der Waals surface area contributed by atoms with E-state index >= 15 is 0 Å². The summed E-state index contributed by atoms with van der Waals surface area (Å²) in [6.45, 7) is 1.24. The smallest absolute Gasteiger partial charge is 0.228 e. The SMILES string of the molecule is O=C(NCCC(=O)N1CCCc2ccccc21)C1CCC1. The van der Waals surface area contributed by atoms with Gasteiger partial charge in [0.05, 0.1) is 0 Å². The molecule has 1 aromatic carbocycles. The van der Waals surface area contributed by atoms with Crippen molar-refractivity contribution in [2.45, 2.75) is 38.5 Å². The molecule has 0 atom stereocenters. The number of para-hydroxylation sites is 1. The second-order valence-corrected chi connectivity index (χ2v) is 5.95. The first-order valence-electron chi connectivity index (χ1n) is 7.91. The molecule has 2 aliphatic rings. The average molecular weight is 286 g/mol. The fraction of sp³-hybridized carbons (Fsp3) is 0.529. The molecule has 0 bridgehead atoms. The van der Waals surface area contributed by atoms with Gasteiger partial charge in [-0.1, -0.05) is 24.6 Å². The van der Waals surface area contributed by atoms with Crippen molar-refractivity contribution in [2.24, 2.45) is 5.92 Å². The van der Waals surface area contributed by atoms with E-state index in [0.717, 1.165) is 44.3 Å². The zero-order valence-electron chi connectivity index (χ0n) is 12.3. The number of aryl methyl sites for hydroxylation is 1. The summed E-state index contributed by atoms with van der Waals surface area (Å²) in [4.78, 5) is 26.0. The number of hydrogen-bond donors (Lipinski definition) is 1.